The lowest BCUT2D eigenvalue weighted by Crippen LogP contribution is -2.53. The number of nitrogens with one attached hydrogen (secondary N) is 2. The van der Waals surface area contributed by atoms with Gasteiger partial charge in [-0.1, -0.05) is 37.5 Å². The van der Waals surface area contributed by atoms with Crippen molar-refractivity contribution in [3.05, 3.63) is 83.8 Å². The van der Waals surface area contributed by atoms with Crippen LogP contribution in [0.4, 0.5) is 8.78 Å². The molecule has 0 aliphatic heterocycles. The maximum Gasteiger partial charge on any atom is 0.217 e. The molecule has 0 bridgehead atoms. The van der Waals surface area contributed by atoms with Gasteiger partial charge in [0.2, 0.25) is 5.91 Å². The van der Waals surface area contributed by atoms with Crippen LogP contribution in [0, 0.1) is 11.6 Å². The van der Waals surface area contributed by atoms with Gasteiger partial charge in [0.15, 0.2) is 0 Å². The van der Waals surface area contributed by atoms with E-state index in [4.69, 9.17) is 4.42 Å². The second-order valence-electron chi connectivity index (χ2n) is 9.47. The predicted octanol–water partition coefficient (Wildman–Crippen LogP) is 5.08. The molecule has 0 radical (unpaired) electrons. The molecule has 1 heterocycles. The SMILES string of the molecule is CC(=O)N[C@@H](Cc1cc(F)cc(F)c1)[C@@H](O)CNC1(c2cccc(-c3ccoc3)c2)CCCCC1. The number of carbonyl (C=O) groups excluding carboxylic acids is 1. The van der Waals surface area contributed by atoms with Gasteiger partial charge >= 0.3 is 0 Å². The molecule has 0 spiro atoms. The van der Waals surface area contributed by atoms with E-state index >= 15 is 0 Å². The summed E-state index contributed by atoms with van der Waals surface area (Å²) >= 11 is 0. The number of aliphatic hydroxyl groups is 1. The number of amides is 1. The molecule has 2 atom stereocenters. The Morgan fingerprint density at radius 1 is 1.06 bits per heavy atom. The van der Waals surface area contributed by atoms with Gasteiger partial charge in [-0.05, 0) is 60.2 Å². The summed E-state index contributed by atoms with van der Waals surface area (Å²) in [6, 6.07) is 12.8. The highest BCUT2D eigenvalue weighted by Gasteiger charge is 2.35. The van der Waals surface area contributed by atoms with Crippen LogP contribution < -0.4 is 10.6 Å². The Hall–Kier alpha value is -3.03. The molecule has 35 heavy (non-hydrogen) atoms. The van der Waals surface area contributed by atoms with Crippen molar-refractivity contribution in [1.82, 2.24) is 10.6 Å². The minimum Gasteiger partial charge on any atom is -0.472 e. The zero-order chi connectivity index (χ0) is 24.8. The molecule has 1 saturated carbocycles. The minimum absolute atomic E-state index is 0.111. The zero-order valence-electron chi connectivity index (χ0n) is 19.9. The Morgan fingerprint density at radius 3 is 2.46 bits per heavy atom. The molecule has 2 aromatic carbocycles. The van der Waals surface area contributed by atoms with Gasteiger partial charge in [0.1, 0.15) is 11.6 Å². The Labute approximate surface area is 204 Å². The Bertz CT molecular complexity index is 1110. The topological polar surface area (TPSA) is 74.5 Å². The van der Waals surface area contributed by atoms with Crippen LogP contribution in [-0.2, 0) is 16.8 Å². The summed E-state index contributed by atoms with van der Waals surface area (Å²) in [5.41, 5.74) is 3.27. The highest BCUT2D eigenvalue weighted by atomic mass is 19.1. The average molecular weight is 483 g/mol. The van der Waals surface area contributed by atoms with E-state index in [9.17, 15) is 18.7 Å². The maximum absolute atomic E-state index is 13.7. The first kappa shape index (κ1) is 25.1. The molecule has 0 saturated heterocycles. The first-order chi connectivity index (χ1) is 16.8. The second-order valence-corrected chi connectivity index (χ2v) is 9.47. The van der Waals surface area contributed by atoms with Crippen molar-refractivity contribution in [2.24, 2.45) is 0 Å². The third kappa shape index (κ3) is 6.35. The van der Waals surface area contributed by atoms with Gasteiger partial charge in [0.25, 0.3) is 0 Å². The van der Waals surface area contributed by atoms with Crippen LogP contribution in [0.15, 0.2) is 65.5 Å². The molecular weight excluding hydrogens is 450 g/mol. The van der Waals surface area contributed by atoms with E-state index in [1.54, 1.807) is 12.5 Å². The lowest BCUT2D eigenvalue weighted by atomic mass is 9.76. The summed E-state index contributed by atoms with van der Waals surface area (Å²) in [5, 5.41) is 17.4. The van der Waals surface area contributed by atoms with Gasteiger partial charge in [0.05, 0.1) is 24.7 Å². The van der Waals surface area contributed by atoms with Gasteiger partial charge in [-0.2, -0.15) is 0 Å². The van der Waals surface area contributed by atoms with Crippen molar-refractivity contribution in [2.45, 2.75) is 63.1 Å². The quantitative estimate of drug-likeness (QED) is 0.398. The normalized spacial score (nSPS) is 17.0. The van der Waals surface area contributed by atoms with E-state index in [0.29, 0.717) is 5.56 Å². The fourth-order valence-corrected chi connectivity index (χ4v) is 5.12. The largest absolute Gasteiger partial charge is 0.472 e. The van der Waals surface area contributed by atoms with E-state index in [-0.39, 0.29) is 24.4 Å². The van der Waals surface area contributed by atoms with Crippen LogP contribution in [0.1, 0.15) is 50.2 Å². The van der Waals surface area contributed by atoms with Crippen molar-refractivity contribution >= 4 is 5.91 Å². The van der Waals surface area contributed by atoms with Gasteiger partial charge in [-0.25, -0.2) is 8.78 Å². The monoisotopic (exact) mass is 482 g/mol. The van der Waals surface area contributed by atoms with E-state index in [1.807, 2.05) is 18.2 Å². The number of hydrogen-bond acceptors (Lipinski definition) is 4. The van der Waals surface area contributed by atoms with Crippen LogP contribution in [0.5, 0.6) is 0 Å². The maximum atomic E-state index is 13.7. The third-order valence-electron chi connectivity index (χ3n) is 6.86. The number of aliphatic hydroxyl groups excluding tert-OH is 1. The van der Waals surface area contributed by atoms with Crippen molar-refractivity contribution in [1.29, 1.82) is 0 Å². The van der Waals surface area contributed by atoms with Gasteiger partial charge in [-0.3, -0.25) is 4.79 Å². The molecule has 0 unspecified atom stereocenters. The zero-order valence-corrected chi connectivity index (χ0v) is 19.9. The summed E-state index contributed by atoms with van der Waals surface area (Å²) in [6.07, 6.45) is 7.67. The Kier molecular flexibility index (Phi) is 7.98. The fraction of sp³-hybridized carbons (Fsp3) is 0.393. The molecule has 186 valence electrons. The number of furan rings is 1. The first-order valence-electron chi connectivity index (χ1n) is 12.1. The molecule has 7 heteroatoms. The number of hydrogen-bond donors (Lipinski definition) is 3. The summed E-state index contributed by atoms with van der Waals surface area (Å²) in [4.78, 5) is 11.8. The minimum atomic E-state index is -0.957. The highest BCUT2D eigenvalue weighted by molar-refractivity contribution is 5.73. The second kappa shape index (κ2) is 11.1. The van der Waals surface area contributed by atoms with Crippen molar-refractivity contribution in [3.63, 3.8) is 0 Å². The van der Waals surface area contributed by atoms with Gasteiger partial charge < -0.3 is 20.2 Å². The first-order valence-corrected chi connectivity index (χ1v) is 12.1. The van der Waals surface area contributed by atoms with Crippen LogP contribution in [-0.4, -0.2) is 29.7 Å². The summed E-state index contributed by atoms with van der Waals surface area (Å²) in [5.74, 6) is -1.69. The predicted molar refractivity (Wildman–Crippen MR) is 131 cm³/mol. The lowest BCUT2D eigenvalue weighted by Gasteiger charge is -2.40. The molecule has 3 aromatic rings. The molecule has 1 fully saturated rings. The molecule has 1 aromatic heterocycles. The van der Waals surface area contributed by atoms with Crippen LogP contribution in [0.3, 0.4) is 0 Å². The van der Waals surface area contributed by atoms with E-state index in [2.05, 4.69) is 22.8 Å². The van der Waals surface area contributed by atoms with E-state index < -0.39 is 23.8 Å². The number of benzene rings is 2. The average Bonchev–Trinajstić information content (AvgIpc) is 3.37. The standard InChI is InChI=1S/C28H32F2N2O3/c1-19(33)32-26(14-20-12-24(29)16-25(30)13-20)27(34)17-31-28(9-3-2-4-10-28)23-7-5-6-21(15-23)22-8-11-35-18-22/h5-8,11-13,15-16,18,26-27,31,34H,2-4,9-10,14,17H2,1H3,(H,32,33)/t26-,27-/m0/s1. The van der Waals surface area contributed by atoms with Crippen molar-refractivity contribution < 1.29 is 23.1 Å². The van der Waals surface area contributed by atoms with Gasteiger partial charge in [-0.15, -0.1) is 0 Å². The molecule has 1 aliphatic rings. The van der Waals surface area contributed by atoms with Crippen LogP contribution >= 0.6 is 0 Å². The van der Waals surface area contributed by atoms with E-state index in [0.717, 1.165) is 54.9 Å². The fourth-order valence-electron chi connectivity index (χ4n) is 5.12. The Morgan fingerprint density at radius 2 is 1.80 bits per heavy atom. The van der Waals surface area contributed by atoms with Crippen molar-refractivity contribution in [3.8, 4) is 11.1 Å². The Balaban J connectivity index is 1.53. The third-order valence-corrected chi connectivity index (χ3v) is 6.86. The molecule has 4 rings (SSSR count). The van der Waals surface area contributed by atoms with Crippen LogP contribution in [0.2, 0.25) is 0 Å². The summed E-state index contributed by atoms with van der Waals surface area (Å²) in [6.45, 7) is 1.59. The number of carbonyl (C=O) groups is 1. The summed E-state index contributed by atoms with van der Waals surface area (Å²) in [7, 11) is 0. The highest BCUT2D eigenvalue weighted by Crippen LogP contribution is 2.38. The molecular formula is C28H32F2N2O3. The van der Waals surface area contributed by atoms with Crippen molar-refractivity contribution in [2.75, 3.05) is 6.54 Å². The van der Waals surface area contributed by atoms with Crippen LogP contribution in [0.25, 0.3) is 11.1 Å². The van der Waals surface area contributed by atoms with E-state index in [1.165, 1.54) is 19.1 Å². The van der Waals surface area contributed by atoms with Gasteiger partial charge in [0, 0.05) is 30.6 Å². The number of halogens is 2. The smallest absolute Gasteiger partial charge is 0.217 e. The molecule has 1 amide bonds. The molecule has 1 aliphatic carbocycles. The molecule has 3 N–H and O–H groups in total. The lowest BCUT2D eigenvalue weighted by molar-refractivity contribution is -0.120. The molecule has 5 nitrogen and oxygen atoms in total. The summed E-state index contributed by atoms with van der Waals surface area (Å²) < 4.78 is 32.6. The number of rotatable bonds is 9.